The van der Waals surface area contributed by atoms with Crippen LogP contribution in [0.5, 0.6) is 5.75 Å². The van der Waals surface area contributed by atoms with Crippen LogP contribution in [0.25, 0.3) is 0 Å². The minimum Gasteiger partial charge on any atom is -0.496 e. The normalized spacial score (nSPS) is 15.7. The molecule has 1 aromatic rings. The first kappa shape index (κ1) is 14.2. The van der Waals surface area contributed by atoms with E-state index in [9.17, 15) is 0 Å². The fourth-order valence-electron chi connectivity index (χ4n) is 2.76. The topological polar surface area (TPSA) is 36.3 Å². The summed E-state index contributed by atoms with van der Waals surface area (Å²) in [6.45, 7) is 1.18. The van der Waals surface area contributed by atoms with Gasteiger partial charge in [0.1, 0.15) is 5.75 Å². The molecule has 0 atom stereocenters. The van der Waals surface area contributed by atoms with E-state index in [1.54, 1.807) is 7.11 Å². The first-order chi connectivity index (χ1) is 9.24. The van der Waals surface area contributed by atoms with E-state index >= 15 is 0 Å². The summed E-state index contributed by atoms with van der Waals surface area (Å²) < 4.78 is 5.37. The summed E-state index contributed by atoms with van der Waals surface area (Å²) in [6.07, 6.45) is 4.90. The zero-order valence-corrected chi connectivity index (χ0v) is 12.0. The molecule has 0 radical (unpaired) electrons. The molecular formula is C15H19ClN2O. The molecule has 102 valence electrons. The molecule has 0 unspecified atom stereocenters. The van der Waals surface area contributed by atoms with Gasteiger partial charge in [0.05, 0.1) is 19.7 Å². The smallest absolute Gasteiger partial charge is 0.123 e. The third-order valence-electron chi connectivity index (χ3n) is 3.73. The van der Waals surface area contributed by atoms with Crippen LogP contribution in [-0.4, -0.2) is 24.6 Å². The van der Waals surface area contributed by atoms with Gasteiger partial charge in [0, 0.05) is 23.2 Å². The summed E-state index contributed by atoms with van der Waals surface area (Å²) in [4.78, 5) is 2.24. The van der Waals surface area contributed by atoms with Gasteiger partial charge in [-0.05, 0) is 31.0 Å². The number of benzene rings is 1. The largest absolute Gasteiger partial charge is 0.496 e. The molecule has 0 spiro atoms. The van der Waals surface area contributed by atoms with E-state index < -0.39 is 0 Å². The van der Waals surface area contributed by atoms with Crippen molar-refractivity contribution >= 4 is 11.6 Å². The van der Waals surface area contributed by atoms with E-state index in [2.05, 4.69) is 11.0 Å². The summed E-state index contributed by atoms with van der Waals surface area (Å²) in [7, 11) is 1.66. The van der Waals surface area contributed by atoms with E-state index in [0.29, 0.717) is 17.6 Å². The Morgan fingerprint density at radius 3 is 2.79 bits per heavy atom. The monoisotopic (exact) mass is 278 g/mol. The van der Waals surface area contributed by atoms with Gasteiger partial charge in [0.25, 0.3) is 0 Å². The van der Waals surface area contributed by atoms with Gasteiger partial charge in [-0.1, -0.05) is 24.4 Å². The molecular weight excluding hydrogens is 260 g/mol. The molecule has 0 bridgehead atoms. The Bertz CT molecular complexity index is 464. The second-order valence-electron chi connectivity index (χ2n) is 4.96. The summed E-state index contributed by atoms with van der Waals surface area (Å²) in [5.41, 5.74) is 1.05. The molecule has 1 aromatic carbocycles. The standard InChI is InChI=1S/C15H19ClN2O/c1-19-15-7-6-13(16)10-12(15)11-18(9-8-17)14-4-2-3-5-14/h6-7,10,14H,2-5,9,11H2,1H3. The van der Waals surface area contributed by atoms with Crippen LogP contribution >= 0.6 is 11.6 Å². The van der Waals surface area contributed by atoms with E-state index in [1.165, 1.54) is 25.7 Å². The van der Waals surface area contributed by atoms with Crippen LogP contribution in [0.2, 0.25) is 5.02 Å². The Morgan fingerprint density at radius 1 is 1.42 bits per heavy atom. The number of hydrogen-bond donors (Lipinski definition) is 0. The minimum absolute atomic E-state index is 0.459. The molecule has 0 aliphatic heterocycles. The summed E-state index contributed by atoms with van der Waals surface area (Å²) in [6, 6.07) is 8.43. The molecule has 1 aliphatic carbocycles. The predicted octanol–water partition coefficient (Wildman–Crippen LogP) is 3.62. The molecule has 0 aromatic heterocycles. The highest BCUT2D eigenvalue weighted by molar-refractivity contribution is 6.30. The molecule has 2 rings (SSSR count). The number of nitriles is 1. The van der Waals surface area contributed by atoms with Crippen molar-refractivity contribution in [1.29, 1.82) is 5.26 Å². The van der Waals surface area contributed by atoms with Gasteiger partial charge in [0.2, 0.25) is 0 Å². The van der Waals surface area contributed by atoms with Gasteiger partial charge < -0.3 is 4.74 Å². The lowest BCUT2D eigenvalue weighted by Gasteiger charge is -2.26. The lowest BCUT2D eigenvalue weighted by molar-refractivity contribution is 0.211. The molecule has 1 aliphatic rings. The Morgan fingerprint density at radius 2 is 2.16 bits per heavy atom. The average Bonchev–Trinajstić information content (AvgIpc) is 2.92. The van der Waals surface area contributed by atoms with Crippen LogP contribution in [0.1, 0.15) is 31.2 Å². The average molecular weight is 279 g/mol. The van der Waals surface area contributed by atoms with Gasteiger partial charge in [-0.15, -0.1) is 0 Å². The maximum absolute atomic E-state index is 9.01. The first-order valence-corrected chi connectivity index (χ1v) is 7.06. The summed E-state index contributed by atoms with van der Waals surface area (Å²) in [5, 5.41) is 9.71. The zero-order chi connectivity index (χ0) is 13.7. The third kappa shape index (κ3) is 3.62. The molecule has 4 heteroatoms. The van der Waals surface area contributed by atoms with Crippen molar-refractivity contribution in [2.24, 2.45) is 0 Å². The van der Waals surface area contributed by atoms with Crippen molar-refractivity contribution in [2.75, 3.05) is 13.7 Å². The van der Waals surface area contributed by atoms with Crippen LogP contribution < -0.4 is 4.74 Å². The van der Waals surface area contributed by atoms with Crippen molar-refractivity contribution < 1.29 is 4.74 Å². The zero-order valence-electron chi connectivity index (χ0n) is 11.2. The molecule has 1 fully saturated rings. The Balaban J connectivity index is 2.16. The Labute approximate surface area is 119 Å². The SMILES string of the molecule is COc1ccc(Cl)cc1CN(CC#N)C1CCCC1. The lowest BCUT2D eigenvalue weighted by Crippen LogP contribution is -2.33. The molecule has 19 heavy (non-hydrogen) atoms. The van der Waals surface area contributed by atoms with Crippen molar-refractivity contribution in [3.8, 4) is 11.8 Å². The molecule has 0 N–H and O–H groups in total. The second kappa shape index (κ2) is 6.79. The minimum atomic E-state index is 0.459. The fraction of sp³-hybridized carbons (Fsp3) is 0.533. The van der Waals surface area contributed by atoms with E-state index in [4.69, 9.17) is 21.6 Å². The van der Waals surface area contributed by atoms with Gasteiger partial charge in [-0.25, -0.2) is 0 Å². The maximum Gasteiger partial charge on any atom is 0.123 e. The number of ether oxygens (including phenoxy) is 1. The quantitative estimate of drug-likeness (QED) is 0.772. The number of rotatable bonds is 5. The molecule has 1 saturated carbocycles. The van der Waals surface area contributed by atoms with Crippen molar-refractivity contribution in [1.82, 2.24) is 4.90 Å². The molecule has 3 nitrogen and oxygen atoms in total. The maximum atomic E-state index is 9.01. The van der Waals surface area contributed by atoms with Gasteiger partial charge >= 0.3 is 0 Å². The van der Waals surface area contributed by atoms with Crippen LogP contribution in [0.4, 0.5) is 0 Å². The lowest BCUT2D eigenvalue weighted by atomic mass is 10.1. The number of halogens is 1. The van der Waals surface area contributed by atoms with Crippen molar-refractivity contribution in [2.45, 2.75) is 38.3 Å². The van der Waals surface area contributed by atoms with Gasteiger partial charge in [0.15, 0.2) is 0 Å². The predicted molar refractivity (Wildman–Crippen MR) is 76.3 cm³/mol. The van der Waals surface area contributed by atoms with Crippen LogP contribution in [0, 0.1) is 11.3 Å². The van der Waals surface area contributed by atoms with Crippen LogP contribution in [-0.2, 0) is 6.54 Å². The number of hydrogen-bond acceptors (Lipinski definition) is 3. The van der Waals surface area contributed by atoms with Crippen molar-refractivity contribution in [3.63, 3.8) is 0 Å². The first-order valence-electron chi connectivity index (χ1n) is 6.68. The molecule has 0 amide bonds. The highest BCUT2D eigenvalue weighted by atomic mass is 35.5. The summed E-state index contributed by atoms with van der Waals surface area (Å²) in [5.74, 6) is 0.838. The van der Waals surface area contributed by atoms with E-state index in [-0.39, 0.29) is 0 Å². The fourth-order valence-corrected chi connectivity index (χ4v) is 2.96. The molecule has 0 heterocycles. The Kier molecular flexibility index (Phi) is 5.07. The highest BCUT2D eigenvalue weighted by Crippen LogP contribution is 2.28. The van der Waals surface area contributed by atoms with Crippen molar-refractivity contribution in [3.05, 3.63) is 28.8 Å². The van der Waals surface area contributed by atoms with Crippen LogP contribution in [0.15, 0.2) is 18.2 Å². The van der Waals surface area contributed by atoms with Crippen LogP contribution in [0.3, 0.4) is 0 Å². The van der Waals surface area contributed by atoms with Gasteiger partial charge in [-0.2, -0.15) is 5.26 Å². The van der Waals surface area contributed by atoms with Gasteiger partial charge in [-0.3, -0.25) is 4.90 Å². The highest BCUT2D eigenvalue weighted by Gasteiger charge is 2.23. The summed E-state index contributed by atoms with van der Waals surface area (Å²) >= 11 is 6.05. The number of methoxy groups -OCH3 is 1. The molecule has 0 saturated heterocycles. The van der Waals surface area contributed by atoms with E-state index in [0.717, 1.165) is 17.9 Å². The second-order valence-corrected chi connectivity index (χ2v) is 5.39. The van der Waals surface area contributed by atoms with E-state index in [1.807, 2.05) is 18.2 Å². The number of nitrogens with zero attached hydrogens (tertiary/aromatic N) is 2. The Hall–Kier alpha value is -1.24. The third-order valence-corrected chi connectivity index (χ3v) is 3.97.